The molecule has 2 heterocycles. The zero-order valence-corrected chi connectivity index (χ0v) is 11.8. The van der Waals surface area contributed by atoms with Crippen molar-refractivity contribution in [2.45, 2.75) is 32.6 Å². The molecule has 0 saturated heterocycles. The van der Waals surface area contributed by atoms with Crippen LogP contribution in [-0.4, -0.2) is 16.1 Å². The molecule has 0 aromatic carbocycles. The molecule has 0 atom stereocenters. The first-order valence-electron chi connectivity index (χ1n) is 5.91. The van der Waals surface area contributed by atoms with Gasteiger partial charge in [-0.2, -0.15) is 11.3 Å². The molecule has 4 nitrogen and oxygen atoms in total. The minimum atomic E-state index is 0.000369. The zero-order chi connectivity index (χ0) is 12.8. The van der Waals surface area contributed by atoms with Crippen molar-refractivity contribution < 1.29 is 4.79 Å². The summed E-state index contributed by atoms with van der Waals surface area (Å²) >= 11 is 3.11. The molecule has 0 fully saturated rings. The van der Waals surface area contributed by atoms with Crippen LogP contribution in [0.2, 0.25) is 0 Å². The van der Waals surface area contributed by atoms with E-state index in [2.05, 4.69) is 27.8 Å². The topological polar surface area (TPSA) is 54.9 Å². The minimum Gasteiger partial charge on any atom is -0.301 e. The lowest BCUT2D eigenvalue weighted by Gasteiger charge is -1.99. The molecule has 0 spiro atoms. The Kier molecular flexibility index (Phi) is 4.83. The molecule has 0 radical (unpaired) electrons. The molecule has 18 heavy (non-hydrogen) atoms. The van der Waals surface area contributed by atoms with Crippen molar-refractivity contribution in [2.75, 3.05) is 5.32 Å². The summed E-state index contributed by atoms with van der Waals surface area (Å²) in [6, 6.07) is 2.04. The summed E-state index contributed by atoms with van der Waals surface area (Å²) in [5.74, 6) is 0.000369. The largest absolute Gasteiger partial charge is 0.301 e. The Labute approximate surface area is 114 Å². The number of aromatic nitrogens is 2. The van der Waals surface area contributed by atoms with Crippen molar-refractivity contribution >= 4 is 33.7 Å². The molecule has 0 saturated carbocycles. The number of anilines is 1. The number of hydrogen-bond donors (Lipinski definition) is 1. The Balaban J connectivity index is 1.79. The van der Waals surface area contributed by atoms with E-state index in [4.69, 9.17) is 0 Å². The molecule has 0 bridgehead atoms. The maximum Gasteiger partial charge on any atom is 0.226 e. The van der Waals surface area contributed by atoms with Crippen LogP contribution in [0.3, 0.4) is 0 Å². The normalized spacial score (nSPS) is 10.5. The summed E-state index contributed by atoms with van der Waals surface area (Å²) in [6.45, 7) is 2.10. The molecule has 2 aromatic heterocycles. The summed E-state index contributed by atoms with van der Waals surface area (Å²) < 4.78 is 0. The van der Waals surface area contributed by atoms with Gasteiger partial charge in [0.1, 0.15) is 5.01 Å². The van der Waals surface area contributed by atoms with Crippen LogP contribution in [-0.2, 0) is 17.6 Å². The van der Waals surface area contributed by atoms with Crippen LogP contribution in [0.1, 0.15) is 30.3 Å². The van der Waals surface area contributed by atoms with Crippen LogP contribution in [0, 0.1) is 0 Å². The molecule has 1 N–H and O–H groups in total. The molecule has 2 aromatic rings. The van der Waals surface area contributed by atoms with E-state index in [0.717, 1.165) is 24.3 Å². The van der Waals surface area contributed by atoms with E-state index in [9.17, 15) is 4.79 Å². The SMILES string of the molecule is CCCc1nnc(NC(=O)CCc2ccsc2)s1. The van der Waals surface area contributed by atoms with Crippen LogP contribution in [0.5, 0.6) is 0 Å². The van der Waals surface area contributed by atoms with Crippen LogP contribution in [0.4, 0.5) is 5.13 Å². The second-order valence-electron chi connectivity index (χ2n) is 3.93. The van der Waals surface area contributed by atoms with Gasteiger partial charge in [0, 0.05) is 12.8 Å². The van der Waals surface area contributed by atoms with Gasteiger partial charge in [0.05, 0.1) is 0 Å². The van der Waals surface area contributed by atoms with Gasteiger partial charge in [0.15, 0.2) is 0 Å². The standard InChI is InChI=1S/C12H15N3OS2/c1-2-3-11-14-15-12(18-11)13-10(16)5-4-9-6-7-17-8-9/h6-8H,2-5H2,1H3,(H,13,15,16). The van der Waals surface area contributed by atoms with Gasteiger partial charge < -0.3 is 5.32 Å². The number of rotatable bonds is 6. The minimum absolute atomic E-state index is 0.000369. The molecule has 0 aliphatic heterocycles. The van der Waals surface area contributed by atoms with Crippen LogP contribution in [0.25, 0.3) is 0 Å². The smallest absolute Gasteiger partial charge is 0.226 e. The van der Waals surface area contributed by atoms with E-state index in [-0.39, 0.29) is 5.91 Å². The van der Waals surface area contributed by atoms with Gasteiger partial charge in [-0.15, -0.1) is 10.2 Å². The lowest BCUT2D eigenvalue weighted by molar-refractivity contribution is -0.116. The van der Waals surface area contributed by atoms with Crippen molar-refractivity contribution in [3.05, 3.63) is 27.4 Å². The van der Waals surface area contributed by atoms with Crippen LogP contribution < -0.4 is 5.32 Å². The number of thiophene rings is 1. The van der Waals surface area contributed by atoms with Gasteiger partial charge in [-0.25, -0.2) is 0 Å². The Morgan fingerprint density at radius 3 is 3.00 bits per heavy atom. The van der Waals surface area contributed by atoms with Crippen molar-refractivity contribution in [3.8, 4) is 0 Å². The van der Waals surface area contributed by atoms with Gasteiger partial charge in [0.25, 0.3) is 0 Å². The number of hydrogen-bond acceptors (Lipinski definition) is 5. The van der Waals surface area contributed by atoms with Crippen molar-refractivity contribution in [1.29, 1.82) is 0 Å². The summed E-state index contributed by atoms with van der Waals surface area (Å²) in [6.07, 6.45) is 3.22. The molecule has 0 aliphatic rings. The maximum absolute atomic E-state index is 11.7. The van der Waals surface area contributed by atoms with Crippen molar-refractivity contribution in [3.63, 3.8) is 0 Å². The fourth-order valence-corrected chi connectivity index (χ4v) is 3.05. The predicted octanol–water partition coefficient (Wildman–Crippen LogP) is 3.12. The summed E-state index contributed by atoms with van der Waals surface area (Å²) in [4.78, 5) is 11.7. The summed E-state index contributed by atoms with van der Waals surface area (Å²) in [5.41, 5.74) is 1.21. The molecule has 96 valence electrons. The van der Waals surface area contributed by atoms with E-state index in [1.165, 1.54) is 16.9 Å². The average molecular weight is 281 g/mol. The first kappa shape index (κ1) is 13.2. The van der Waals surface area contributed by atoms with E-state index >= 15 is 0 Å². The lowest BCUT2D eigenvalue weighted by atomic mass is 10.2. The number of amides is 1. The van der Waals surface area contributed by atoms with Gasteiger partial charge in [-0.05, 0) is 35.2 Å². The maximum atomic E-state index is 11.7. The predicted molar refractivity (Wildman–Crippen MR) is 75.2 cm³/mol. The molecule has 0 unspecified atom stereocenters. The Bertz CT molecular complexity index is 493. The lowest BCUT2D eigenvalue weighted by Crippen LogP contribution is -2.11. The highest BCUT2D eigenvalue weighted by Gasteiger charge is 2.08. The third kappa shape index (κ3) is 3.89. The highest BCUT2D eigenvalue weighted by molar-refractivity contribution is 7.15. The Morgan fingerprint density at radius 1 is 1.39 bits per heavy atom. The average Bonchev–Trinajstić information content (AvgIpc) is 2.99. The number of aryl methyl sites for hydroxylation is 2. The van der Waals surface area contributed by atoms with Gasteiger partial charge in [0.2, 0.25) is 11.0 Å². The number of carbonyl (C=O) groups is 1. The first-order chi connectivity index (χ1) is 8.78. The molecular formula is C12H15N3OS2. The second-order valence-corrected chi connectivity index (χ2v) is 5.77. The number of nitrogens with zero attached hydrogens (tertiary/aromatic N) is 2. The summed E-state index contributed by atoms with van der Waals surface area (Å²) in [5, 5.41) is 16.4. The van der Waals surface area contributed by atoms with Gasteiger partial charge in [-0.3, -0.25) is 4.79 Å². The molecule has 1 amide bonds. The van der Waals surface area contributed by atoms with Crippen LogP contribution in [0.15, 0.2) is 16.8 Å². The fraction of sp³-hybridized carbons (Fsp3) is 0.417. The molecule has 0 aliphatic carbocycles. The van der Waals surface area contributed by atoms with Gasteiger partial charge in [-0.1, -0.05) is 18.3 Å². The van der Waals surface area contributed by atoms with E-state index in [1.807, 2.05) is 11.4 Å². The monoisotopic (exact) mass is 281 g/mol. The highest BCUT2D eigenvalue weighted by Crippen LogP contribution is 2.17. The van der Waals surface area contributed by atoms with E-state index in [0.29, 0.717) is 11.6 Å². The number of nitrogens with one attached hydrogen (secondary N) is 1. The molecule has 6 heteroatoms. The third-order valence-corrected chi connectivity index (χ3v) is 4.03. The zero-order valence-electron chi connectivity index (χ0n) is 10.2. The van der Waals surface area contributed by atoms with E-state index < -0.39 is 0 Å². The highest BCUT2D eigenvalue weighted by atomic mass is 32.1. The Hall–Kier alpha value is -1.27. The molecular weight excluding hydrogens is 266 g/mol. The summed E-state index contributed by atoms with van der Waals surface area (Å²) in [7, 11) is 0. The van der Waals surface area contributed by atoms with Crippen LogP contribution >= 0.6 is 22.7 Å². The first-order valence-corrected chi connectivity index (χ1v) is 7.67. The molecule has 2 rings (SSSR count). The second kappa shape index (κ2) is 6.61. The van der Waals surface area contributed by atoms with Crippen molar-refractivity contribution in [1.82, 2.24) is 10.2 Å². The third-order valence-electron chi connectivity index (χ3n) is 2.40. The quantitative estimate of drug-likeness (QED) is 0.885. The van der Waals surface area contributed by atoms with Gasteiger partial charge >= 0.3 is 0 Å². The number of carbonyl (C=O) groups excluding carboxylic acids is 1. The fourth-order valence-electron chi connectivity index (χ4n) is 1.49. The Morgan fingerprint density at radius 2 is 2.28 bits per heavy atom. The van der Waals surface area contributed by atoms with E-state index in [1.54, 1.807) is 11.3 Å². The van der Waals surface area contributed by atoms with Crippen molar-refractivity contribution in [2.24, 2.45) is 0 Å².